The molecule has 142 valence electrons. The van der Waals surface area contributed by atoms with Gasteiger partial charge in [-0.2, -0.15) is 0 Å². The van der Waals surface area contributed by atoms with Crippen molar-refractivity contribution in [1.82, 2.24) is 10.1 Å². The molecule has 0 bridgehead atoms. The van der Waals surface area contributed by atoms with Gasteiger partial charge in [0.2, 0.25) is 0 Å². The molecule has 0 radical (unpaired) electrons. The Hall–Kier alpha value is -2.12. The predicted molar refractivity (Wildman–Crippen MR) is 96.2 cm³/mol. The summed E-state index contributed by atoms with van der Waals surface area (Å²) < 4.78 is 10.7. The predicted octanol–water partition coefficient (Wildman–Crippen LogP) is 2.83. The fourth-order valence-electron chi connectivity index (χ4n) is 3.70. The number of rotatable bonds is 7. The molecule has 1 saturated heterocycles. The van der Waals surface area contributed by atoms with Crippen molar-refractivity contribution < 1.29 is 24.3 Å². The standard InChI is InChI=1S/C19H26N2O5/c1-25-11-8-14-3-4-15-17(20-26-18(15)16(14)12-22)5-2-13-6-9-21(10-7-13)19(23)24/h3-4,13,22H,2,5-12H2,1H3,(H,23,24). The number of aromatic nitrogens is 1. The lowest BCUT2D eigenvalue weighted by Gasteiger charge is -2.29. The summed E-state index contributed by atoms with van der Waals surface area (Å²) in [7, 11) is 1.66. The third kappa shape index (κ3) is 3.99. The molecule has 1 fully saturated rings. The first-order valence-electron chi connectivity index (χ1n) is 9.10. The summed E-state index contributed by atoms with van der Waals surface area (Å²) >= 11 is 0. The summed E-state index contributed by atoms with van der Waals surface area (Å²) in [6.07, 6.45) is 3.45. The fourth-order valence-corrected chi connectivity index (χ4v) is 3.70. The highest BCUT2D eigenvalue weighted by molar-refractivity contribution is 5.83. The number of amides is 1. The molecular formula is C19H26N2O5. The Labute approximate surface area is 152 Å². The molecule has 2 N–H and O–H groups in total. The molecule has 1 amide bonds. The summed E-state index contributed by atoms with van der Waals surface area (Å²) in [6, 6.07) is 4.03. The zero-order valence-electron chi connectivity index (χ0n) is 15.1. The van der Waals surface area contributed by atoms with Crippen LogP contribution in [0.5, 0.6) is 0 Å². The number of aliphatic hydroxyl groups excluding tert-OH is 1. The van der Waals surface area contributed by atoms with Crippen LogP contribution in [0.15, 0.2) is 16.7 Å². The van der Waals surface area contributed by atoms with Crippen LogP contribution in [-0.2, 0) is 24.2 Å². The van der Waals surface area contributed by atoms with Crippen LogP contribution < -0.4 is 0 Å². The van der Waals surface area contributed by atoms with Crippen LogP contribution >= 0.6 is 0 Å². The molecule has 0 aliphatic carbocycles. The molecular weight excluding hydrogens is 336 g/mol. The molecule has 3 rings (SSSR count). The van der Waals surface area contributed by atoms with Gasteiger partial charge in [-0.15, -0.1) is 0 Å². The van der Waals surface area contributed by atoms with E-state index in [1.54, 1.807) is 7.11 Å². The van der Waals surface area contributed by atoms with E-state index < -0.39 is 6.09 Å². The van der Waals surface area contributed by atoms with Crippen LogP contribution in [0.3, 0.4) is 0 Å². The van der Waals surface area contributed by atoms with Crippen molar-refractivity contribution in [3.05, 3.63) is 29.0 Å². The molecule has 26 heavy (non-hydrogen) atoms. The van der Waals surface area contributed by atoms with Crippen LogP contribution in [0.2, 0.25) is 0 Å². The van der Waals surface area contributed by atoms with E-state index in [-0.39, 0.29) is 6.61 Å². The number of piperidine rings is 1. The van der Waals surface area contributed by atoms with Crippen LogP contribution in [-0.4, -0.2) is 53.2 Å². The highest BCUT2D eigenvalue weighted by Gasteiger charge is 2.23. The molecule has 7 heteroatoms. The Morgan fingerprint density at radius 1 is 1.35 bits per heavy atom. The lowest BCUT2D eigenvalue weighted by molar-refractivity contribution is 0.123. The number of fused-ring (bicyclic) bond motifs is 1. The minimum Gasteiger partial charge on any atom is -0.465 e. The van der Waals surface area contributed by atoms with Crippen molar-refractivity contribution in [2.45, 2.75) is 38.7 Å². The van der Waals surface area contributed by atoms with Gasteiger partial charge in [-0.3, -0.25) is 0 Å². The maximum atomic E-state index is 11.0. The highest BCUT2D eigenvalue weighted by atomic mass is 16.5. The molecule has 0 atom stereocenters. The van der Waals surface area contributed by atoms with Crippen LogP contribution in [0.1, 0.15) is 36.1 Å². The number of hydrogen-bond acceptors (Lipinski definition) is 5. The number of ether oxygens (including phenoxy) is 1. The first-order valence-corrected chi connectivity index (χ1v) is 9.10. The molecule has 0 saturated carbocycles. The van der Waals surface area contributed by atoms with Crippen LogP contribution in [0.4, 0.5) is 4.79 Å². The zero-order valence-corrected chi connectivity index (χ0v) is 15.1. The summed E-state index contributed by atoms with van der Waals surface area (Å²) in [5.41, 5.74) is 3.38. The van der Waals surface area contributed by atoms with Crippen molar-refractivity contribution >= 4 is 17.1 Å². The van der Waals surface area contributed by atoms with Gasteiger partial charge in [-0.25, -0.2) is 4.79 Å². The number of aryl methyl sites for hydroxylation is 1. The van der Waals surface area contributed by atoms with Gasteiger partial charge >= 0.3 is 6.09 Å². The van der Waals surface area contributed by atoms with Crippen molar-refractivity contribution in [2.75, 3.05) is 26.8 Å². The Morgan fingerprint density at radius 3 is 2.77 bits per heavy atom. The highest BCUT2D eigenvalue weighted by Crippen LogP contribution is 2.29. The molecule has 1 aliphatic heterocycles. The Bertz CT molecular complexity index is 750. The summed E-state index contributed by atoms with van der Waals surface area (Å²) in [5, 5.41) is 24.0. The van der Waals surface area contributed by atoms with Crippen molar-refractivity contribution in [3.8, 4) is 0 Å². The van der Waals surface area contributed by atoms with Gasteiger partial charge in [0.15, 0.2) is 5.58 Å². The van der Waals surface area contributed by atoms with E-state index in [0.717, 1.165) is 54.3 Å². The second kappa shape index (κ2) is 8.51. The Balaban J connectivity index is 1.67. The van der Waals surface area contributed by atoms with Gasteiger partial charge in [-0.1, -0.05) is 11.2 Å². The van der Waals surface area contributed by atoms with Crippen LogP contribution in [0, 0.1) is 5.92 Å². The van der Waals surface area contributed by atoms with Gasteiger partial charge in [-0.05, 0) is 49.7 Å². The molecule has 1 aromatic heterocycles. The first-order chi connectivity index (χ1) is 12.6. The maximum Gasteiger partial charge on any atom is 0.407 e. The number of likely N-dealkylation sites (tertiary alicyclic amines) is 1. The molecule has 2 aromatic rings. The van der Waals surface area contributed by atoms with Gasteiger partial charge in [0.1, 0.15) is 0 Å². The summed E-state index contributed by atoms with van der Waals surface area (Å²) in [6.45, 7) is 1.72. The number of nitrogens with zero attached hydrogens (tertiary/aromatic N) is 2. The number of methoxy groups -OCH3 is 1. The third-order valence-electron chi connectivity index (χ3n) is 5.32. The van der Waals surface area contributed by atoms with Crippen molar-refractivity contribution in [1.29, 1.82) is 0 Å². The summed E-state index contributed by atoms with van der Waals surface area (Å²) in [4.78, 5) is 12.5. The van der Waals surface area contributed by atoms with Crippen LogP contribution in [0.25, 0.3) is 11.0 Å². The lowest BCUT2D eigenvalue weighted by Crippen LogP contribution is -2.37. The van der Waals surface area contributed by atoms with Crippen molar-refractivity contribution in [2.24, 2.45) is 5.92 Å². The van der Waals surface area contributed by atoms with E-state index in [2.05, 4.69) is 5.16 Å². The molecule has 2 heterocycles. The SMILES string of the molecule is COCCc1ccc2c(CCC3CCN(C(=O)O)CC3)noc2c1CO. The van der Waals surface area contributed by atoms with Gasteiger partial charge in [0.05, 0.1) is 18.9 Å². The average Bonchev–Trinajstić information content (AvgIpc) is 3.07. The van der Waals surface area contributed by atoms with Gasteiger partial charge < -0.3 is 24.4 Å². The molecule has 1 aliphatic rings. The fraction of sp³-hybridized carbons (Fsp3) is 0.579. The molecule has 0 unspecified atom stereocenters. The monoisotopic (exact) mass is 362 g/mol. The van der Waals surface area contributed by atoms with Crippen molar-refractivity contribution in [3.63, 3.8) is 0 Å². The minimum atomic E-state index is -0.827. The number of aliphatic hydroxyl groups is 1. The first kappa shape index (κ1) is 18.7. The molecule has 0 spiro atoms. The number of carboxylic acid groups (broad SMARTS) is 1. The zero-order chi connectivity index (χ0) is 18.5. The van der Waals surface area contributed by atoms with E-state index >= 15 is 0 Å². The summed E-state index contributed by atoms with van der Waals surface area (Å²) in [5.74, 6) is 0.510. The van der Waals surface area contributed by atoms with E-state index in [0.29, 0.717) is 31.2 Å². The van der Waals surface area contributed by atoms with E-state index in [1.807, 2.05) is 12.1 Å². The molecule has 1 aromatic carbocycles. The second-order valence-electron chi connectivity index (χ2n) is 6.86. The van der Waals surface area contributed by atoms with E-state index in [1.165, 1.54) is 4.90 Å². The quantitative estimate of drug-likeness (QED) is 0.786. The Morgan fingerprint density at radius 2 is 2.12 bits per heavy atom. The van der Waals surface area contributed by atoms with Gasteiger partial charge in [0.25, 0.3) is 0 Å². The second-order valence-corrected chi connectivity index (χ2v) is 6.86. The number of hydrogen-bond donors (Lipinski definition) is 2. The maximum absolute atomic E-state index is 11.0. The number of benzene rings is 1. The normalized spacial score (nSPS) is 15.7. The Kier molecular flexibility index (Phi) is 6.11. The third-order valence-corrected chi connectivity index (χ3v) is 5.32. The molecule has 7 nitrogen and oxygen atoms in total. The number of carbonyl (C=O) groups is 1. The van der Waals surface area contributed by atoms with E-state index in [9.17, 15) is 9.90 Å². The lowest BCUT2D eigenvalue weighted by atomic mass is 9.91. The van der Waals surface area contributed by atoms with Gasteiger partial charge in [0, 0.05) is 31.1 Å². The smallest absolute Gasteiger partial charge is 0.407 e. The largest absolute Gasteiger partial charge is 0.465 e. The van der Waals surface area contributed by atoms with E-state index in [4.69, 9.17) is 14.4 Å². The topological polar surface area (TPSA) is 96.0 Å². The minimum absolute atomic E-state index is 0.0847. The average molecular weight is 362 g/mol.